The number of aromatic nitrogens is 2. The fourth-order valence-corrected chi connectivity index (χ4v) is 2.10. The van der Waals surface area contributed by atoms with E-state index in [2.05, 4.69) is 5.10 Å². The summed E-state index contributed by atoms with van der Waals surface area (Å²) in [6.45, 7) is 2.00. The van der Waals surface area contributed by atoms with Crippen LogP contribution in [0.25, 0.3) is 5.69 Å². The van der Waals surface area contributed by atoms with Gasteiger partial charge in [-0.15, -0.1) is 0 Å². The quantitative estimate of drug-likeness (QED) is 0.826. The minimum Gasteiger partial charge on any atom is -0.393 e. The molecule has 1 aromatic heterocycles. The van der Waals surface area contributed by atoms with Gasteiger partial charge in [-0.25, -0.2) is 4.68 Å². The zero-order valence-electron chi connectivity index (χ0n) is 9.73. The summed E-state index contributed by atoms with van der Waals surface area (Å²) in [5.41, 5.74) is 8.95. The van der Waals surface area contributed by atoms with Gasteiger partial charge >= 0.3 is 0 Å². The summed E-state index contributed by atoms with van der Waals surface area (Å²) in [4.78, 5) is 12.0. The first-order chi connectivity index (χ1) is 8.16. The van der Waals surface area contributed by atoms with Crippen molar-refractivity contribution in [3.8, 4) is 5.69 Å². The Kier molecular flexibility index (Phi) is 2.11. The third-order valence-corrected chi connectivity index (χ3v) is 3.20. The largest absolute Gasteiger partial charge is 0.393 e. The van der Waals surface area contributed by atoms with Gasteiger partial charge in [-0.3, -0.25) is 9.89 Å². The van der Waals surface area contributed by atoms with Crippen molar-refractivity contribution in [2.45, 2.75) is 25.7 Å². The Balaban J connectivity index is 2.15. The molecule has 1 saturated carbocycles. The van der Waals surface area contributed by atoms with Crippen LogP contribution in [0.15, 0.2) is 29.1 Å². The Morgan fingerprint density at radius 1 is 1.41 bits per heavy atom. The Morgan fingerprint density at radius 2 is 2.18 bits per heavy atom. The molecule has 0 spiro atoms. The smallest absolute Gasteiger partial charge is 0.294 e. The van der Waals surface area contributed by atoms with Gasteiger partial charge in [-0.1, -0.05) is 12.1 Å². The summed E-state index contributed by atoms with van der Waals surface area (Å²) in [7, 11) is 0. The second-order valence-electron chi connectivity index (χ2n) is 4.69. The molecule has 17 heavy (non-hydrogen) atoms. The van der Waals surface area contributed by atoms with Gasteiger partial charge in [0.25, 0.3) is 5.56 Å². The number of rotatable bonds is 2. The number of nitrogens with zero attached hydrogens (tertiary/aromatic N) is 1. The number of nitrogens with two attached hydrogens (primary N) is 1. The second-order valence-corrected chi connectivity index (χ2v) is 4.69. The normalized spacial score (nSPS) is 15.1. The molecule has 1 heterocycles. The molecule has 0 unspecified atom stereocenters. The van der Waals surface area contributed by atoms with Crippen LogP contribution in [-0.4, -0.2) is 9.78 Å². The molecule has 0 saturated heterocycles. The van der Waals surface area contributed by atoms with Crippen LogP contribution < -0.4 is 11.3 Å². The minimum atomic E-state index is -0.141. The number of aromatic amines is 1. The fourth-order valence-electron chi connectivity index (χ4n) is 2.10. The van der Waals surface area contributed by atoms with E-state index in [0.717, 1.165) is 29.8 Å². The van der Waals surface area contributed by atoms with Crippen molar-refractivity contribution in [1.29, 1.82) is 0 Å². The van der Waals surface area contributed by atoms with Crippen LogP contribution >= 0.6 is 0 Å². The summed E-state index contributed by atoms with van der Waals surface area (Å²) in [5, 5.41) is 3.13. The molecule has 4 heteroatoms. The third-order valence-electron chi connectivity index (χ3n) is 3.20. The molecule has 1 aliphatic rings. The van der Waals surface area contributed by atoms with Gasteiger partial charge in [0.2, 0.25) is 0 Å². The standard InChI is InChI=1S/C13H15N3O/c1-8-3-2-4-10(7-8)16-13(17)11(14)12(15-16)9-5-6-9/h2-4,7,9,15H,5-6,14H2,1H3. The van der Waals surface area contributed by atoms with Gasteiger partial charge in [-0.05, 0) is 37.5 Å². The van der Waals surface area contributed by atoms with Crippen LogP contribution in [0.5, 0.6) is 0 Å². The van der Waals surface area contributed by atoms with E-state index in [1.54, 1.807) is 0 Å². The highest BCUT2D eigenvalue weighted by atomic mass is 16.1. The van der Waals surface area contributed by atoms with E-state index in [9.17, 15) is 4.79 Å². The van der Waals surface area contributed by atoms with Crippen molar-refractivity contribution >= 4 is 5.69 Å². The number of hydrogen-bond acceptors (Lipinski definition) is 2. The van der Waals surface area contributed by atoms with Crippen LogP contribution in [0.1, 0.15) is 30.0 Å². The maximum absolute atomic E-state index is 12.0. The van der Waals surface area contributed by atoms with Crippen molar-refractivity contribution in [3.63, 3.8) is 0 Å². The van der Waals surface area contributed by atoms with Crippen molar-refractivity contribution in [1.82, 2.24) is 9.78 Å². The van der Waals surface area contributed by atoms with Crippen molar-refractivity contribution < 1.29 is 0 Å². The Bertz CT molecular complexity index is 620. The lowest BCUT2D eigenvalue weighted by atomic mass is 10.2. The Labute approximate surface area is 99.1 Å². The minimum absolute atomic E-state index is 0.141. The molecule has 0 aliphatic heterocycles. The molecule has 88 valence electrons. The number of nitrogen functional groups attached to an aromatic ring is 1. The van der Waals surface area contributed by atoms with Crippen LogP contribution in [0.2, 0.25) is 0 Å². The number of H-pyrrole nitrogens is 1. The number of aryl methyl sites for hydroxylation is 1. The zero-order chi connectivity index (χ0) is 12.0. The predicted octanol–water partition coefficient (Wildman–Crippen LogP) is 1.93. The highest BCUT2D eigenvalue weighted by molar-refractivity contribution is 5.47. The molecular formula is C13H15N3O. The number of benzene rings is 1. The number of anilines is 1. The monoisotopic (exact) mass is 229 g/mol. The molecule has 1 aromatic carbocycles. The predicted molar refractivity (Wildman–Crippen MR) is 67.5 cm³/mol. The third kappa shape index (κ3) is 1.65. The molecule has 0 amide bonds. The van der Waals surface area contributed by atoms with Crippen molar-refractivity contribution in [2.24, 2.45) is 0 Å². The van der Waals surface area contributed by atoms with E-state index < -0.39 is 0 Å². The van der Waals surface area contributed by atoms with E-state index in [1.807, 2.05) is 31.2 Å². The number of hydrogen-bond donors (Lipinski definition) is 2. The van der Waals surface area contributed by atoms with E-state index >= 15 is 0 Å². The first-order valence-electron chi connectivity index (χ1n) is 5.84. The SMILES string of the molecule is Cc1cccc(-n2[nH]c(C3CC3)c(N)c2=O)c1. The lowest BCUT2D eigenvalue weighted by Gasteiger charge is -2.02. The maximum atomic E-state index is 12.0. The van der Waals surface area contributed by atoms with E-state index in [1.165, 1.54) is 4.68 Å². The van der Waals surface area contributed by atoms with E-state index in [0.29, 0.717) is 11.6 Å². The molecule has 0 radical (unpaired) electrons. The van der Waals surface area contributed by atoms with Gasteiger partial charge in [0.05, 0.1) is 11.4 Å². The first-order valence-corrected chi connectivity index (χ1v) is 5.84. The highest BCUT2D eigenvalue weighted by Crippen LogP contribution is 2.40. The zero-order valence-corrected chi connectivity index (χ0v) is 9.73. The summed E-state index contributed by atoms with van der Waals surface area (Å²) in [6, 6.07) is 7.81. The molecule has 2 aromatic rings. The molecule has 4 nitrogen and oxygen atoms in total. The molecule has 0 bridgehead atoms. The fraction of sp³-hybridized carbons (Fsp3) is 0.308. The van der Waals surface area contributed by atoms with Gasteiger partial charge in [0.15, 0.2) is 0 Å². The Hall–Kier alpha value is -1.97. The molecule has 1 fully saturated rings. The molecule has 0 atom stereocenters. The molecular weight excluding hydrogens is 214 g/mol. The van der Waals surface area contributed by atoms with Gasteiger partial charge in [0.1, 0.15) is 5.69 Å². The van der Waals surface area contributed by atoms with Crippen molar-refractivity contribution in [2.75, 3.05) is 5.73 Å². The average molecular weight is 229 g/mol. The average Bonchev–Trinajstić information content (AvgIpc) is 3.09. The first kappa shape index (κ1) is 10.2. The lowest BCUT2D eigenvalue weighted by Crippen LogP contribution is -2.16. The summed E-state index contributed by atoms with van der Waals surface area (Å²) in [5.74, 6) is 0.453. The van der Waals surface area contributed by atoms with Crippen LogP contribution in [0, 0.1) is 6.92 Å². The summed E-state index contributed by atoms with van der Waals surface area (Å²) in [6.07, 6.45) is 2.25. The molecule has 3 rings (SSSR count). The summed E-state index contributed by atoms with van der Waals surface area (Å²) >= 11 is 0. The van der Waals surface area contributed by atoms with Gasteiger partial charge < -0.3 is 5.73 Å². The second kappa shape index (κ2) is 3.52. The topological polar surface area (TPSA) is 63.8 Å². The van der Waals surface area contributed by atoms with Crippen LogP contribution in [0.4, 0.5) is 5.69 Å². The van der Waals surface area contributed by atoms with E-state index in [-0.39, 0.29) is 5.56 Å². The molecule has 1 aliphatic carbocycles. The molecule has 3 N–H and O–H groups in total. The number of nitrogens with one attached hydrogen (secondary N) is 1. The Morgan fingerprint density at radius 3 is 2.82 bits per heavy atom. The van der Waals surface area contributed by atoms with Crippen molar-refractivity contribution in [3.05, 3.63) is 45.9 Å². The lowest BCUT2D eigenvalue weighted by molar-refractivity contribution is 0.815. The van der Waals surface area contributed by atoms with Gasteiger partial charge in [-0.2, -0.15) is 0 Å². The van der Waals surface area contributed by atoms with E-state index in [4.69, 9.17) is 5.73 Å². The van der Waals surface area contributed by atoms with Crippen LogP contribution in [0.3, 0.4) is 0 Å². The maximum Gasteiger partial charge on any atom is 0.294 e. The van der Waals surface area contributed by atoms with Gasteiger partial charge in [0, 0.05) is 5.92 Å². The summed E-state index contributed by atoms with van der Waals surface area (Å²) < 4.78 is 1.54. The van der Waals surface area contributed by atoms with Crippen LogP contribution in [-0.2, 0) is 0 Å². The highest BCUT2D eigenvalue weighted by Gasteiger charge is 2.29.